The Kier molecular flexibility index (Phi) is 54.8. The van der Waals surface area contributed by atoms with E-state index >= 15 is 0 Å². The van der Waals surface area contributed by atoms with E-state index in [9.17, 15) is 14.4 Å². The minimum Gasteiger partial charge on any atom is -0.462 e. The van der Waals surface area contributed by atoms with Crippen LogP contribution in [0, 0.1) is 0 Å². The summed E-state index contributed by atoms with van der Waals surface area (Å²) in [6.45, 7) is 6.58. The average molecular weight is 964 g/mol. The number of esters is 3. The van der Waals surface area contributed by atoms with Gasteiger partial charge in [0.25, 0.3) is 0 Å². The molecule has 0 aromatic rings. The summed E-state index contributed by atoms with van der Waals surface area (Å²) in [5, 5.41) is 0. The first-order valence-corrected chi connectivity index (χ1v) is 29.4. The SMILES string of the molecule is CCCCC/C=C\C/C=C\C/C=C\C/C=C\CCCCCC(=O)O[C@H](COC(=O)CCCCCCCCC/C=C\C/C=C\CCCCC)COC(=O)CCCCCCCCCCCCCCCCC. The molecule has 0 aliphatic heterocycles. The van der Waals surface area contributed by atoms with Gasteiger partial charge in [-0.1, -0.05) is 248 Å². The molecule has 6 nitrogen and oxygen atoms in total. The molecule has 0 heterocycles. The summed E-state index contributed by atoms with van der Waals surface area (Å²) in [6, 6.07) is 0. The molecule has 0 radical (unpaired) electrons. The van der Waals surface area contributed by atoms with Crippen molar-refractivity contribution in [3.05, 3.63) is 72.9 Å². The van der Waals surface area contributed by atoms with Crippen molar-refractivity contribution in [2.24, 2.45) is 0 Å². The Morgan fingerprint density at radius 1 is 0.290 bits per heavy atom. The molecule has 0 saturated heterocycles. The summed E-state index contributed by atoms with van der Waals surface area (Å²) < 4.78 is 16.9. The largest absolute Gasteiger partial charge is 0.462 e. The molecule has 0 aliphatic carbocycles. The number of ether oxygens (including phenoxy) is 3. The van der Waals surface area contributed by atoms with Gasteiger partial charge in [-0.2, -0.15) is 0 Å². The van der Waals surface area contributed by atoms with Crippen LogP contribution in [0.1, 0.15) is 290 Å². The van der Waals surface area contributed by atoms with Crippen molar-refractivity contribution in [3.8, 4) is 0 Å². The molecule has 0 saturated carbocycles. The van der Waals surface area contributed by atoms with E-state index in [1.807, 2.05) is 0 Å². The van der Waals surface area contributed by atoms with Crippen LogP contribution in [-0.4, -0.2) is 37.2 Å². The molecule has 0 amide bonds. The molecule has 0 bridgehead atoms. The minimum atomic E-state index is -0.794. The topological polar surface area (TPSA) is 78.9 Å². The maximum absolute atomic E-state index is 12.9. The van der Waals surface area contributed by atoms with Gasteiger partial charge in [-0.05, 0) is 96.3 Å². The van der Waals surface area contributed by atoms with E-state index in [0.717, 1.165) is 96.3 Å². The second kappa shape index (κ2) is 57.4. The Labute approximate surface area is 427 Å². The standard InChI is InChI=1S/C63H110O6/c1-4-7-10-13-16-19-22-25-28-30-31-33-36-39-42-45-48-51-54-57-63(66)69-60(58-67-61(64)55-52-49-46-43-40-37-34-27-24-21-18-15-12-9-6-3)59-68-62(65)56-53-50-47-44-41-38-35-32-29-26-23-20-17-14-11-8-5-2/h16-17,19-20,25-26,28-29,31,33,39,42,60H,4-15,18,21-24,27,30,32,34-38,40-41,43-59H2,1-3H3/b19-16-,20-17-,28-25-,29-26-,33-31-,42-39-/t60-/m0/s1. The molecular formula is C63H110O6. The second-order valence-electron chi connectivity index (χ2n) is 19.6. The highest BCUT2D eigenvalue weighted by Crippen LogP contribution is 2.16. The Hall–Kier alpha value is -3.15. The zero-order valence-corrected chi connectivity index (χ0v) is 45.6. The van der Waals surface area contributed by atoms with Crippen molar-refractivity contribution in [1.29, 1.82) is 0 Å². The highest BCUT2D eigenvalue weighted by atomic mass is 16.6. The monoisotopic (exact) mass is 963 g/mol. The molecule has 0 aromatic heterocycles. The number of hydrogen-bond acceptors (Lipinski definition) is 6. The van der Waals surface area contributed by atoms with Gasteiger partial charge in [0, 0.05) is 19.3 Å². The molecular weight excluding hydrogens is 853 g/mol. The van der Waals surface area contributed by atoms with E-state index in [-0.39, 0.29) is 31.1 Å². The van der Waals surface area contributed by atoms with Crippen molar-refractivity contribution in [2.45, 2.75) is 297 Å². The molecule has 398 valence electrons. The molecule has 0 aliphatic rings. The van der Waals surface area contributed by atoms with E-state index in [2.05, 4.69) is 93.7 Å². The van der Waals surface area contributed by atoms with Crippen molar-refractivity contribution in [3.63, 3.8) is 0 Å². The van der Waals surface area contributed by atoms with E-state index in [0.29, 0.717) is 19.3 Å². The molecule has 0 rings (SSSR count). The van der Waals surface area contributed by atoms with Crippen molar-refractivity contribution < 1.29 is 28.6 Å². The maximum atomic E-state index is 12.9. The average Bonchev–Trinajstić information content (AvgIpc) is 3.35. The lowest BCUT2D eigenvalue weighted by Gasteiger charge is -2.18. The van der Waals surface area contributed by atoms with Gasteiger partial charge in [-0.25, -0.2) is 0 Å². The van der Waals surface area contributed by atoms with Crippen molar-refractivity contribution in [2.75, 3.05) is 13.2 Å². The lowest BCUT2D eigenvalue weighted by atomic mass is 10.0. The van der Waals surface area contributed by atoms with Crippen LogP contribution in [0.5, 0.6) is 0 Å². The number of hydrogen-bond donors (Lipinski definition) is 0. The summed E-state index contributed by atoms with van der Waals surface area (Å²) in [7, 11) is 0. The smallest absolute Gasteiger partial charge is 0.306 e. The predicted octanol–water partition coefficient (Wildman–Crippen LogP) is 19.8. The van der Waals surface area contributed by atoms with Crippen molar-refractivity contribution >= 4 is 17.9 Å². The number of unbranched alkanes of at least 4 members (excludes halogenated alkanes) is 30. The van der Waals surface area contributed by atoms with Crippen LogP contribution in [0.4, 0.5) is 0 Å². The summed E-state index contributed by atoms with van der Waals surface area (Å²) >= 11 is 0. The van der Waals surface area contributed by atoms with Crippen molar-refractivity contribution in [1.82, 2.24) is 0 Å². The van der Waals surface area contributed by atoms with Crippen LogP contribution >= 0.6 is 0 Å². The highest BCUT2D eigenvalue weighted by molar-refractivity contribution is 5.71. The molecule has 0 unspecified atom stereocenters. The van der Waals surface area contributed by atoms with Gasteiger partial charge >= 0.3 is 17.9 Å². The zero-order valence-electron chi connectivity index (χ0n) is 45.6. The molecule has 69 heavy (non-hydrogen) atoms. The van der Waals surface area contributed by atoms with E-state index < -0.39 is 6.10 Å². The second-order valence-corrected chi connectivity index (χ2v) is 19.6. The van der Waals surface area contributed by atoms with E-state index in [1.165, 1.54) is 154 Å². The summed E-state index contributed by atoms with van der Waals surface area (Å²) in [5.41, 5.74) is 0. The summed E-state index contributed by atoms with van der Waals surface area (Å²) in [4.78, 5) is 38.2. The van der Waals surface area contributed by atoms with Crippen LogP contribution in [0.25, 0.3) is 0 Å². The van der Waals surface area contributed by atoms with Gasteiger partial charge in [0.1, 0.15) is 13.2 Å². The molecule has 0 spiro atoms. The predicted molar refractivity (Wildman–Crippen MR) is 298 cm³/mol. The fourth-order valence-electron chi connectivity index (χ4n) is 8.22. The normalized spacial score (nSPS) is 12.6. The Morgan fingerprint density at radius 2 is 0.522 bits per heavy atom. The van der Waals surface area contributed by atoms with Gasteiger partial charge in [-0.3, -0.25) is 14.4 Å². The van der Waals surface area contributed by atoms with Crippen LogP contribution in [0.2, 0.25) is 0 Å². The molecule has 0 fully saturated rings. The Balaban J connectivity index is 4.45. The van der Waals surface area contributed by atoms with Crippen LogP contribution in [-0.2, 0) is 28.6 Å². The highest BCUT2D eigenvalue weighted by Gasteiger charge is 2.19. The number of allylic oxidation sites excluding steroid dienone is 12. The molecule has 0 N–H and O–H groups in total. The van der Waals surface area contributed by atoms with E-state index in [4.69, 9.17) is 14.2 Å². The van der Waals surface area contributed by atoms with Gasteiger partial charge in [0.2, 0.25) is 0 Å². The zero-order chi connectivity index (χ0) is 50.0. The summed E-state index contributed by atoms with van der Waals surface area (Å²) in [6.07, 6.45) is 73.1. The third-order valence-electron chi connectivity index (χ3n) is 12.7. The first-order chi connectivity index (χ1) is 34.0. The lowest BCUT2D eigenvalue weighted by Crippen LogP contribution is -2.30. The third-order valence-corrected chi connectivity index (χ3v) is 12.7. The van der Waals surface area contributed by atoms with Crippen LogP contribution in [0.3, 0.4) is 0 Å². The van der Waals surface area contributed by atoms with Crippen LogP contribution < -0.4 is 0 Å². The third kappa shape index (κ3) is 55.6. The van der Waals surface area contributed by atoms with Crippen LogP contribution in [0.15, 0.2) is 72.9 Å². The minimum absolute atomic E-state index is 0.0887. The molecule has 1 atom stereocenters. The number of rotatable bonds is 53. The van der Waals surface area contributed by atoms with Gasteiger partial charge in [0.15, 0.2) is 6.10 Å². The number of carbonyl (C=O) groups is 3. The molecule has 6 heteroatoms. The van der Waals surface area contributed by atoms with E-state index in [1.54, 1.807) is 0 Å². The first-order valence-electron chi connectivity index (χ1n) is 29.4. The van der Waals surface area contributed by atoms with Gasteiger partial charge in [0.05, 0.1) is 0 Å². The fraction of sp³-hybridized carbons (Fsp3) is 0.762. The first kappa shape index (κ1) is 65.8. The summed E-state index contributed by atoms with van der Waals surface area (Å²) in [5.74, 6) is -0.917. The molecule has 0 aromatic carbocycles. The fourth-order valence-corrected chi connectivity index (χ4v) is 8.22. The van der Waals surface area contributed by atoms with Gasteiger partial charge in [-0.15, -0.1) is 0 Å². The lowest BCUT2D eigenvalue weighted by molar-refractivity contribution is -0.167. The Bertz CT molecular complexity index is 1290. The number of carbonyl (C=O) groups excluding carboxylic acids is 3. The van der Waals surface area contributed by atoms with Gasteiger partial charge < -0.3 is 14.2 Å². The quantitative estimate of drug-likeness (QED) is 0.0262. The Morgan fingerprint density at radius 3 is 0.855 bits per heavy atom. The maximum Gasteiger partial charge on any atom is 0.306 e.